The largest absolute Gasteiger partial charge is 0.308 e. The number of benzene rings is 6. The number of aromatic nitrogens is 5. The molecule has 0 saturated carbocycles. The smallest absolute Gasteiger partial charge is 0.238 e. The second-order valence-corrected chi connectivity index (χ2v) is 12.4. The van der Waals surface area contributed by atoms with Crippen molar-refractivity contribution in [3.8, 4) is 34.4 Å². The van der Waals surface area contributed by atoms with E-state index in [1.54, 1.807) is 0 Å². The van der Waals surface area contributed by atoms with Gasteiger partial charge in [0.15, 0.2) is 11.6 Å². The van der Waals surface area contributed by atoms with Gasteiger partial charge in [0.05, 0.1) is 16.6 Å². The Morgan fingerprint density at radius 1 is 0.500 bits per heavy atom. The van der Waals surface area contributed by atoms with Gasteiger partial charge in [-0.15, -0.1) is 0 Å². The van der Waals surface area contributed by atoms with Gasteiger partial charge in [-0.3, -0.25) is 4.57 Å². The van der Waals surface area contributed by atoms with Crippen molar-refractivity contribution in [1.29, 1.82) is 0 Å². The zero-order chi connectivity index (χ0) is 31.6. The van der Waals surface area contributed by atoms with E-state index in [0.717, 1.165) is 51.5 Å². The standard InChI is InChI=1S/C43H29N5/c1-3-14-29(15-4-1)41-44-42(31-24-23-28-13-7-8-16-30(28)27-31)46-43(45-41)48-38-22-12-10-20-34(38)36-26-25-35-33-19-9-11-21-37(33)47(39(35)40(36)48)32-17-5-2-6-18-32/h1-8,10-18,20-27H,9,19H2. The molecule has 5 heteroatoms. The molecule has 226 valence electrons. The first kappa shape index (κ1) is 26.8. The van der Waals surface area contributed by atoms with E-state index in [-0.39, 0.29) is 0 Å². The van der Waals surface area contributed by atoms with Crippen LogP contribution in [-0.2, 0) is 6.42 Å². The lowest BCUT2D eigenvalue weighted by Crippen LogP contribution is -2.07. The molecule has 0 unspecified atom stereocenters. The van der Waals surface area contributed by atoms with Gasteiger partial charge in [0, 0.05) is 38.7 Å². The Hall–Kier alpha value is -6.33. The lowest BCUT2D eigenvalue weighted by Gasteiger charge is -2.14. The normalized spacial score (nSPS) is 12.8. The SMILES string of the molecule is C1=Cc2c(c3ccc4c5ccccc5n(-c5nc(-c6ccccc6)nc(-c6ccc7ccccc7c6)n5)c4c3n2-c2ccccc2)CC1. The van der Waals surface area contributed by atoms with E-state index in [1.165, 1.54) is 32.9 Å². The molecule has 0 saturated heterocycles. The van der Waals surface area contributed by atoms with Gasteiger partial charge < -0.3 is 4.57 Å². The van der Waals surface area contributed by atoms with Gasteiger partial charge >= 0.3 is 0 Å². The van der Waals surface area contributed by atoms with Crippen LogP contribution in [0.15, 0.2) is 146 Å². The minimum absolute atomic E-state index is 0.597. The molecule has 9 aromatic rings. The highest BCUT2D eigenvalue weighted by molar-refractivity contribution is 6.19. The Labute approximate surface area is 277 Å². The van der Waals surface area contributed by atoms with Crippen molar-refractivity contribution in [2.75, 3.05) is 0 Å². The molecule has 0 radical (unpaired) electrons. The molecule has 10 rings (SSSR count). The van der Waals surface area contributed by atoms with Gasteiger partial charge in [0.2, 0.25) is 5.95 Å². The molecule has 1 aliphatic rings. The van der Waals surface area contributed by atoms with Crippen LogP contribution in [0, 0.1) is 0 Å². The van der Waals surface area contributed by atoms with Crippen molar-refractivity contribution in [2.45, 2.75) is 12.8 Å². The average Bonchev–Trinajstić information content (AvgIpc) is 3.68. The summed E-state index contributed by atoms with van der Waals surface area (Å²) in [5.74, 6) is 1.88. The van der Waals surface area contributed by atoms with Gasteiger partial charge in [-0.2, -0.15) is 9.97 Å². The lowest BCUT2D eigenvalue weighted by molar-refractivity contribution is 0.950. The topological polar surface area (TPSA) is 48.5 Å². The molecule has 0 N–H and O–H groups in total. The maximum Gasteiger partial charge on any atom is 0.238 e. The van der Waals surface area contributed by atoms with E-state index < -0.39 is 0 Å². The molecule has 0 atom stereocenters. The fourth-order valence-corrected chi connectivity index (χ4v) is 7.46. The predicted molar refractivity (Wildman–Crippen MR) is 197 cm³/mol. The number of para-hydroxylation sites is 2. The number of hydrogen-bond acceptors (Lipinski definition) is 3. The molecular formula is C43H29N5. The van der Waals surface area contributed by atoms with Crippen LogP contribution in [0.25, 0.3) is 84.0 Å². The highest BCUT2D eigenvalue weighted by atomic mass is 15.2. The molecule has 0 fully saturated rings. The van der Waals surface area contributed by atoms with Crippen molar-refractivity contribution < 1.29 is 0 Å². The summed E-state index contributed by atoms with van der Waals surface area (Å²) in [5, 5.41) is 5.93. The van der Waals surface area contributed by atoms with Crippen molar-refractivity contribution in [3.05, 3.63) is 157 Å². The first-order valence-electron chi connectivity index (χ1n) is 16.4. The highest BCUT2D eigenvalue weighted by Crippen LogP contribution is 2.42. The molecule has 0 aliphatic heterocycles. The summed E-state index contributed by atoms with van der Waals surface area (Å²) in [5.41, 5.74) is 8.98. The van der Waals surface area contributed by atoms with Crippen molar-refractivity contribution in [2.24, 2.45) is 0 Å². The number of aryl methyl sites for hydroxylation is 1. The molecule has 0 amide bonds. The maximum absolute atomic E-state index is 5.29. The first-order chi connectivity index (χ1) is 23.8. The molecule has 3 heterocycles. The van der Waals surface area contributed by atoms with E-state index in [1.807, 2.05) is 18.2 Å². The van der Waals surface area contributed by atoms with Crippen molar-refractivity contribution in [1.82, 2.24) is 24.1 Å². The first-order valence-corrected chi connectivity index (χ1v) is 16.4. The second-order valence-electron chi connectivity index (χ2n) is 12.4. The van der Waals surface area contributed by atoms with E-state index in [4.69, 9.17) is 15.0 Å². The summed E-state index contributed by atoms with van der Waals surface area (Å²) in [7, 11) is 0. The van der Waals surface area contributed by atoms with E-state index in [9.17, 15) is 0 Å². The Kier molecular flexibility index (Phi) is 5.93. The average molecular weight is 616 g/mol. The van der Waals surface area contributed by atoms with Gasteiger partial charge in [0.1, 0.15) is 0 Å². The summed E-state index contributed by atoms with van der Waals surface area (Å²) in [6, 6.07) is 48.9. The minimum Gasteiger partial charge on any atom is -0.308 e. The molecular weight excluding hydrogens is 587 g/mol. The van der Waals surface area contributed by atoms with Gasteiger partial charge in [-0.25, -0.2) is 4.98 Å². The van der Waals surface area contributed by atoms with Crippen molar-refractivity contribution >= 4 is 49.6 Å². The molecule has 0 spiro atoms. The third-order valence-corrected chi connectivity index (χ3v) is 9.62. The third kappa shape index (κ3) is 4.07. The summed E-state index contributed by atoms with van der Waals surface area (Å²) < 4.78 is 4.70. The Morgan fingerprint density at radius 2 is 1.19 bits per heavy atom. The zero-order valence-electron chi connectivity index (χ0n) is 26.1. The summed E-state index contributed by atoms with van der Waals surface area (Å²) in [6.45, 7) is 0. The van der Waals surface area contributed by atoms with E-state index >= 15 is 0 Å². The minimum atomic E-state index is 0.597. The quantitative estimate of drug-likeness (QED) is 0.198. The van der Waals surface area contributed by atoms with Crippen LogP contribution in [0.3, 0.4) is 0 Å². The van der Waals surface area contributed by atoms with Crippen LogP contribution in [0.5, 0.6) is 0 Å². The Bertz CT molecular complexity index is 2720. The van der Waals surface area contributed by atoms with Gasteiger partial charge in [-0.1, -0.05) is 121 Å². The van der Waals surface area contributed by atoms with Gasteiger partial charge in [-0.05, 0) is 59.5 Å². The molecule has 0 bridgehead atoms. The van der Waals surface area contributed by atoms with Crippen LogP contribution in [0.1, 0.15) is 17.7 Å². The van der Waals surface area contributed by atoms with Crippen LogP contribution in [-0.4, -0.2) is 24.1 Å². The number of hydrogen-bond donors (Lipinski definition) is 0. The molecule has 6 aromatic carbocycles. The highest BCUT2D eigenvalue weighted by Gasteiger charge is 2.25. The monoisotopic (exact) mass is 615 g/mol. The van der Waals surface area contributed by atoms with Crippen LogP contribution in [0.2, 0.25) is 0 Å². The second kappa shape index (κ2) is 10.6. The number of nitrogens with zero attached hydrogens (tertiary/aromatic N) is 5. The van der Waals surface area contributed by atoms with Crippen LogP contribution >= 0.6 is 0 Å². The molecule has 48 heavy (non-hydrogen) atoms. The molecule has 5 nitrogen and oxygen atoms in total. The fraction of sp³-hybridized carbons (Fsp3) is 0.0465. The van der Waals surface area contributed by atoms with E-state index in [2.05, 4.69) is 143 Å². The predicted octanol–water partition coefficient (Wildman–Crippen LogP) is 10.4. The Balaban J connectivity index is 1.35. The molecule has 1 aliphatic carbocycles. The third-order valence-electron chi connectivity index (χ3n) is 9.62. The van der Waals surface area contributed by atoms with Crippen LogP contribution in [0.4, 0.5) is 0 Å². The zero-order valence-corrected chi connectivity index (χ0v) is 26.1. The summed E-state index contributed by atoms with van der Waals surface area (Å²) in [4.78, 5) is 15.6. The Morgan fingerprint density at radius 3 is 2.04 bits per heavy atom. The summed E-state index contributed by atoms with van der Waals surface area (Å²) in [6.07, 6.45) is 6.62. The fourth-order valence-electron chi connectivity index (χ4n) is 7.46. The van der Waals surface area contributed by atoms with Crippen molar-refractivity contribution in [3.63, 3.8) is 0 Å². The van der Waals surface area contributed by atoms with Gasteiger partial charge in [0.25, 0.3) is 0 Å². The number of fused-ring (bicyclic) bond motifs is 8. The van der Waals surface area contributed by atoms with Crippen LogP contribution < -0.4 is 0 Å². The van der Waals surface area contributed by atoms with E-state index in [0.29, 0.717) is 17.6 Å². The number of allylic oxidation sites excluding steroid dienone is 1. The summed E-state index contributed by atoms with van der Waals surface area (Å²) >= 11 is 0. The lowest BCUT2D eigenvalue weighted by atomic mass is 10.00. The maximum atomic E-state index is 5.29. The molecule has 3 aromatic heterocycles. The number of rotatable bonds is 4.